The van der Waals surface area contributed by atoms with E-state index in [0.29, 0.717) is 5.75 Å². The molecule has 202 valence electrons. The predicted molar refractivity (Wildman–Crippen MR) is 135 cm³/mol. The summed E-state index contributed by atoms with van der Waals surface area (Å²) in [4.78, 5) is 22.2. The van der Waals surface area contributed by atoms with Crippen LogP contribution in [0.15, 0.2) is 53.5 Å². The van der Waals surface area contributed by atoms with E-state index in [9.17, 15) is 26.4 Å². The van der Waals surface area contributed by atoms with Gasteiger partial charge in [-0.15, -0.1) is 0 Å². The molecule has 0 radical (unpaired) electrons. The topological polar surface area (TPSA) is 105 Å². The van der Waals surface area contributed by atoms with E-state index in [-0.39, 0.29) is 40.5 Å². The number of hydrogen-bond acceptors (Lipinski definition) is 7. The van der Waals surface area contributed by atoms with Gasteiger partial charge in [-0.25, -0.2) is 23.2 Å². The molecule has 0 aliphatic carbocycles. The number of aryl methyl sites for hydroxylation is 1. The second kappa shape index (κ2) is 10.1. The van der Waals surface area contributed by atoms with Crippen LogP contribution in [-0.4, -0.2) is 53.2 Å². The van der Waals surface area contributed by atoms with Crippen LogP contribution in [0.25, 0.3) is 22.3 Å². The zero-order valence-corrected chi connectivity index (χ0v) is 21.8. The van der Waals surface area contributed by atoms with Gasteiger partial charge in [0, 0.05) is 25.1 Å². The van der Waals surface area contributed by atoms with Crippen LogP contribution in [-0.2, 0) is 23.1 Å². The van der Waals surface area contributed by atoms with Gasteiger partial charge in [0.15, 0.2) is 11.4 Å². The molecule has 9 nitrogen and oxygen atoms in total. The molecule has 1 unspecified atom stereocenters. The summed E-state index contributed by atoms with van der Waals surface area (Å²) in [6, 6.07) is 8.46. The molecule has 0 fully saturated rings. The second-order valence-corrected chi connectivity index (χ2v) is 10.8. The highest BCUT2D eigenvalue weighted by Crippen LogP contribution is 2.37. The Labute approximate surface area is 216 Å². The number of hydrogen-bond donors (Lipinski definition) is 0. The number of fused-ring (bicyclic) bond motifs is 1. The number of alkyl halides is 3. The fourth-order valence-electron chi connectivity index (χ4n) is 4.25. The Kier molecular flexibility index (Phi) is 7.24. The van der Waals surface area contributed by atoms with Gasteiger partial charge in [-0.05, 0) is 36.8 Å². The van der Waals surface area contributed by atoms with Crippen LogP contribution in [0, 0.1) is 0 Å². The van der Waals surface area contributed by atoms with Gasteiger partial charge in [0.1, 0.15) is 9.84 Å². The Bertz CT molecular complexity index is 1660. The quantitative estimate of drug-likeness (QED) is 0.328. The van der Waals surface area contributed by atoms with Crippen molar-refractivity contribution in [3.05, 3.63) is 70.4 Å². The molecule has 0 aliphatic heterocycles. The van der Waals surface area contributed by atoms with E-state index in [1.807, 2.05) is 0 Å². The molecule has 3 heterocycles. The molecule has 1 aromatic carbocycles. The molecule has 0 bridgehead atoms. The minimum atomic E-state index is -4.59. The Morgan fingerprint density at radius 3 is 2.47 bits per heavy atom. The SMILES string of the molecule is CCOc1nc(C(CS(C)(=O)=O)n2c(=O)n(C)c3cc(-c4ccccc4C(F)(F)F)cnc32)ccc1OC. The highest BCUT2D eigenvalue weighted by atomic mass is 32.2. The number of benzene rings is 1. The van der Waals surface area contributed by atoms with Gasteiger partial charge in [-0.1, -0.05) is 18.2 Å². The van der Waals surface area contributed by atoms with Crippen molar-refractivity contribution in [3.8, 4) is 22.8 Å². The third-order valence-electron chi connectivity index (χ3n) is 5.93. The number of aromatic nitrogens is 4. The molecule has 0 N–H and O–H groups in total. The number of pyridine rings is 2. The molecule has 4 aromatic rings. The molecular formula is C25H25F3N4O5S. The molecule has 38 heavy (non-hydrogen) atoms. The lowest BCUT2D eigenvalue weighted by Gasteiger charge is -2.19. The van der Waals surface area contributed by atoms with Crippen LogP contribution in [0.5, 0.6) is 11.6 Å². The van der Waals surface area contributed by atoms with E-state index in [2.05, 4.69) is 9.97 Å². The summed E-state index contributed by atoms with van der Waals surface area (Å²) >= 11 is 0. The number of ether oxygens (including phenoxy) is 2. The molecular weight excluding hydrogens is 525 g/mol. The van der Waals surface area contributed by atoms with Gasteiger partial charge in [0.2, 0.25) is 0 Å². The Morgan fingerprint density at radius 1 is 1.13 bits per heavy atom. The summed E-state index contributed by atoms with van der Waals surface area (Å²) < 4.78 is 78.9. The highest BCUT2D eigenvalue weighted by Gasteiger charge is 2.34. The van der Waals surface area contributed by atoms with Crippen molar-refractivity contribution < 1.29 is 31.1 Å². The fourth-order valence-corrected chi connectivity index (χ4v) is 5.14. The maximum atomic E-state index is 13.6. The van der Waals surface area contributed by atoms with Crippen molar-refractivity contribution in [1.29, 1.82) is 0 Å². The van der Waals surface area contributed by atoms with Gasteiger partial charge in [0.05, 0.1) is 42.3 Å². The number of halogens is 3. The summed E-state index contributed by atoms with van der Waals surface area (Å²) in [6.45, 7) is 2.01. The standard InChI is InChI=1S/C25H25F3N4O5S/c1-5-37-23-21(36-3)11-10-18(30-23)20(14-38(4,34)35)32-22-19(31(2)24(32)33)12-15(13-29-22)16-8-6-7-9-17(16)25(26,27)28/h6-13,20H,5,14H2,1-4H3. The summed E-state index contributed by atoms with van der Waals surface area (Å²) in [6.07, 6.45) is -2.33. The fraction of sp³-hybridized carbons (Fsp3) is 0.320. The summed E-state index contributed by atoms with van der Waals surface area (Å²) in [5, 5.41) is 0. The molecule has 13 heteroatoms. The first kappa shape index (κ1) is 27.2. The van der Waals surface area contributed by atoms with Crippen molar-refractivity contribution in [2.75, 3.05) is 25.7 Å². The van der Waals surface area contributed by atoms with E-state index < -0.39 is 39.1 Å². The van der Waals surface area contributed by atoms with Crippen molar-refractivity contribution in [2.24, 2.45) is 7.05 Å². The molecule has 0 spiro atoms. The lowest BCUT2D eigenvalue weighted by Crippen LogP contribution is -2.31. The number of nitrogens with zero attached hydrogens (tertiary/aromatic N) is 4. The maximum absolute atomic E-state index is 13.6. The number of sulfone groups is 1. The monoisotopic (exact) mass is 550 g/mol. The van der Waals surface area contributed by atoms with Crippen LogP contribution in [0.4, 0.5) is 13.2 Å². The summed E-state index contributed by atoms with van der Waals surface area (Å²) in [7, 11) is -0.775. The molecule has 0 aliphatic rings. The number of imidazole rings is 1. The number of rotatable bonds is 8. The van der Waals surface area contributed by atoms with Crippen molar-refractivity contribution in [3.63, 3.8) is 0 Å². The van der Waals surface area contributed by atoms with Crippen LogP contribution < -0.4 is 15.2 Å². The summed E-state index contributed by atoms with van der Waals surface area (Å²) in [5.74, 6) is -0.0413. The molecule has 0 saturated heterocycles. The highest BCUT2D eigenvalue weighted by molar-refractivity contribution is 7.90. The van der Waals surface area contributed by atoms with Crippen LogP contribution in [0.3, 0.4) is 0 Å². The zero-order chi connectivity index (χ0) is 27.8. The first-order valence-electron chi connectivity index (χ1n) is 11.4. The summed E-state index contributed by atoms with van der Waals surface area (Å²) in [5.41, 5.74) is -0.872. The van der Waals surface area contributed by atoms with Crippen molar-refractivity contribution >= 4 is 21.0 Å². The van der Waals surface area contributed by atoms with Crippen LogP contribution in [0.2, 0.25) is 0 Å². The Morgan fingerprint density at radius 2 is 1.84 bits per heavy atom. The lowest BCUT2D eigenvalue weighted by molar-refractivity contribution is -0.137. The zero-order valence-electron chi connectivity index (χ0n) is 21.0. The van der Waals surface area contributed by atoms with Gasteiger partial charge < -0.3 is 9.47 Å². The molecule has 0 saturated carbocycles. The maximum Gasteiger partial charge on any atom is 0.417 e. The lowest BCUT2D eigenvalue weighted by atomic mass is 10.0. The Hall–Kier alpha value is -3.87. The molecule has 1 atom stereocenters. The van der Waals surface area contributed by atoms with Gasteiger partial charge >= 0.3 is 11.9 Å². The predicted octanol–water partition coefficient (Wildman–Crippen LogP) is 3.86. The third-order valence-corrected chi connectivity index (χ3v) is 6.86. The number of methoxy groups -OCH3 is 1. The van der Waals surface area contributed by atoms with Gasteiger partial charge in [0.25, 0.3) is 5.88 Å². The normalized spacial score (nSPS) is 13.0. The average Bonchev–Trinajstić information content (AvgIpc) is 3.11. The largest absolute Gasteiger partial charge is 0.491 e. The molecule has 0 amide bonds. The van der Waals surface area contributed by atoms with Crippen molar-refractivity contribution in [2.45, 2.75) is 19.1 Å². The Balaban J connectivity index is 1.94. The van der Waals surface area contributed by atoms with E-state index in [1.54, 1.807) is 13.0 Å². The minimum absolute atomic E-state index is 0.0926. The average molecular weight is 551 g/mol. The smallest absolute Gasteiger partial charge is 0.417 e. The van der Waals surface area contributed by atoms with E-state index in [0.717, 1.165) is 12.3 Å². The first-order chi connectivity index (χ1) is 17.9. The molecule has 4 rings (SSSR count). The van der Waals surface area contributed by atoms with Crippen LogP contribution >= 0.6 is 0 Å². The van der Waals surface area contributed by atoms with Gasteiger partial charge in [-0.3, -0.25) is 9.13 Å². The van der Waals surface area contributed by atoms with E-state index in [1.165, 1.54) is 59.8 Å². The van der Waals surface area contributed by atoms with Crippen molar-refractivity contribution in [1.82, 2.24) is 19.1 Å². The third kappa shape index (κ3) is 5.23. The molecule has 3 aromatic heterocycles. The van der Waals surface area contributed by atoms with Crippen LogP contribution in [0.1, 0.15) is 24.2 Å². The van der Waals surface area contributed by atoms with E-state index in [4.69, 9.17) is 9.47 Å². The minimum Gasteiger partial charge on any atom is -0.491 e. The van der Waals surface area contributed by atoms with Gasteiger partial charge in [-0.2, -0.15) is 13.2 Å². The first-order valence-corrected chi connectivity index (χ1v) is 13.5. The van der Waals surface area contributed by atoms with E-state index >= 15 is 0 Å². The second-order valence-electron chi connectivity index (χ2n) is 8.61.